The van der Waals surface area contributed by atoms with Gasteiger partial charge in [-0.2, -0.15) is 0 Å². The molecule has 0 fully saturated rings. The van der Waals surface area contributed by atoms with Gasteiger partial charge in [-0.3, -0.25) is 0 Å². The Kier molecular flexibility index (Phi) is 3.45. The number of fused-ring (bicyclic) bond motifs is 3. The van der Waals surface area contributed by atoms with Crippen molar-refractivity contribution in [2.45, 2.75) is 18.4 Å². The Balaban J connectivity index is 1.81. The Morgan fingerprint density at radius 2 is 2.00 bits per heavy atom. The zero-order valence-electron chi connectivity index (χ0n) is 12.4. The standard InChI is InChI=1S/C19H18BrNO/c1-22-18-8-3-2-5-15(18)19-14-7-4-6-13(14)16-11-12(20)9-10-17(16)21-19/h2-6,8-11,13-14,19,21H,7H2,1H3/t13-,14+,19-/m1/s1. The Hall–Kier alpha value is -1.74. The first kappa shape index (κ1) is 13.9. The molecule has 0 amide bonds. The van der Waals surface area contributed by atoms with Crippen LogP contribution in [0.1, 0.15) is 29.5 Å². The van der Waals surface area contributed by atoms with Gasteiger partial charge in [0.05, 0.1) is 13.2 Å². The fourth-order valence-electron chi connectivity index (χ4n) is 3.80. The van der Waals surface area contributed by atoms with E-state index in [4.69, 9.17) is 4.74 Å². The van der Waals surface area contributed by atoms with Crippen LogP contribution in [0.25, 0.3) is 0 Å². The van der Waals surface area contributed by atoms with Crippen LogP contribution in [0, 0.1) is 5.92 Å². The van der Waals surface area contributed by atoms with Crippen LogP contribution >= 0.6 is 15.9 Å². The number of methoxy groups -OCH3 is 1. The number of para-hydroxylation sites is 1. The van der Waals surface area contributed by atoms with Crippen molar-refractivity contribution in [2.75, 3.05) is 12.4 Å². The number of halogens is 1. The van der Waals surface area contributed by atoms with E-state index < -0.39 is 0 Å². The van der Waals surface area contributed by atoms with Crippen LogP contribution in [-0.4, -0.2) is 7.11 Å². The summed E-state index contributed by atoms with van der Waals surface area (Å²) in [5, 5.41) is 3.75. The minimum atomic E-state index is 0.282. The fraction of sp³-hybridized carbons (Fsp3) is 0.263. The van der Waals surface area contributed by atoms with Gasteiger partial charge in [0.25, 0.3) is 0 Å². The summed E-state index contributed by atoms with van der Waals surface area (Å²) in [5.74, 6) is 1.98. The Morgan fingerprint density at radius 1 is 1.14 bits per heavy atom. The third kappa shape index (κ3) is 2.15. The second-order valence-electron chi connectivity index (χ2n) is 5.95. The molecule has 2 nitrogen and oxygen atoms in total. The van der Waals surface area contributed by atoms with Crippen molar-refractivity contribution >= 4 is 21.6 Å². The molecule has 112 valence electrons. The molecule has 1 aliphatic carbocycles. The zero-order chi connectivity index (χ0) is 15.1. The van der Waals surface area contributed by atoms with Gasteiger partial charge in [-0.1, -0.05) is 46.3 Å². The summed E-state index contributed by atoms with van der Waals surface area (Å²) in [6, 6.07) is 15.1. The summed E-state index contributed by atoms with van der Waals surface area (Å²) in [4.78, 5) is 0. The minimum Gasteiger partial charge on any atom is -0.496 e. The molecule has 22 heavy (non-hydrogen) atoms. The summed E-state index contributed by atoms with van der Waals surface area (Å²) in [5.41, 5.74) is 3.86. The highest BCUT2D eigenvalue weighted by molar-refractivity contribution is 9.10. The lowest BCUT2D eigenvalue weighted by atomic mass is 9.77. The molecule has 2 aliphatic rings. The van der Waals surface area contributed by atoms with Crippen LogP contribution in [0.4, 0.5) is 5.69 Å². The first-order chi connectivity index (χ1) is 10.8. The molecule has 3 atom stereocenters. The smallest absolute Gasteiger partial charge is 0.124 e. The van der Waals surface area contributed by atoms with Crippen LogP contribution in [-0.2, 0) is 0 Å². The van der Waals surface area contributed by atoms with Crippen LogP contribution in [0.5, 0.6) is 5.75 Å². The maximum atomic E-state index is 5.59. The maximum Gasteiger partial charge on any atom is 0.124 e. The van der Waals surface area contributed by atoms with Gasteiger partial charge in [-0.15, -0.1) is 0 Å². The van der Waals surface area contributed by atoms with Crippen molar-refractivity contribution in [3.05, 3.63) is 70.2 Å². The van der Waals surface area contributed by atoms with Crippen molar-refractivity contribution in [3.63, 3.8) is 0 Å². The molecule has 0 saturated carbocycles. The Labute approximate surface area is 139 Å². The normalized spacial score (nSPS) is 25.3. The number of nitrogens with one attached hydrogen (secondary N) is 1. The average Bonchev–Trinajstić information content (AvgIpc) is 3.04. The molecule has 0 radical (unpaired) electrons. The van der Waals surface area contributed by atoms with E-state index in [1.165, 1.54) is 16.8 Å². The molecular formula is C19H18BrNO. The number of rotatable bonds is 2. The van der Waals surface area contributed by atoms with E-state index in [1.807, 2.05) is 12.1 Å². The lowest BCUT2D eigenvalue weighted by molar-refractivity contribution is 0.381. The summed E-state index contributed by atoms with van der Waals surface area (Å²) in [6.45, 7) is 0. The van der Waals surface area contributed by atoms with Crippen LogP contribution < -0.4 is 10.1 Å². The van der Waals surface area contributed by atoms with Gasteiger partial charge in [0.15, 0.2) is 0 Å². The average molecular weight is 356 g/mol. The molecule has 0 spiro atoms. The monoisotopic (exact) mass is 355 g/mol. The number of hydrogen-bond donors (Lipinski definition) is 1. The predicted octanol–water partition coefficient (Wildman–Crippen LogP) is 5.28. The Bertz CT molecular complexity index is 740. The highest BCUT2D eigenvalue weighted by Gasteiger charge is 2.38. The first-order valence-electron chi connectivity index (χ1n) is 7.63. The third-order valence-electron chi connectivity index (χ3n) is 4.80. The number of anilines is 1. The number of hydrogen-bond acceptors (Lipinski definition) is 2. The van der Waals surface area contributed by atoms with E-state index in [2.05, 4.69) is 63.7 Å². The molecule has 0 bridgehead atoms. The second kappa shape index (κ2) is 5.47. The molecule has 0 aromatic heterocycles. The van der Waals surface area contributed by atoms with Crippen LogP contribution in [0.15, 0.2) is 59.1 Å². The molecule has 0 unspecified atom stereocenters. The van der Waals surface area contributed by atoms with E-state index in [1.54, 1.807) is 7.11 Å². The molecule has 1 N–H and O–H groups in total. The van der Waals surface area contributed by atoms with Gasteiger partial charge in [-0.25, -0.2) is 0 Å². The van der Waals surface area contributed by atoms with E-state index >= 15 is 0 Å². The van der Waals surface area contributed by atoms with Gasteiger partial charge in [0.2, 0.25) is 0 Å². The maximum absolute atomic E-state index is 5.59. The van der Waals surface area contributed by atoms with E-state index in [0.717, 1.165) is 16.6 Å². The first-order valence-corrected chi connectivity index (χ1v) is 8.43. The summed E-state index contributed by atoms with van der Waals surface area (Å²) >= 11 is 3.60. The molecule has 1 heterocycles. The largest absolute Gasteiger partial charge is 0.496 e. The molecule has 3 heteroatoms. The second-order valence-corrected chi connectivity index (χ2v) is 6.86. The molecule has 2 aromatic rings. The van der Waals surface area contributed by atoms with Crippen molar-refractivity contribution in [2.24, 2.45) is 5.92 Å². The lowest BCUT2D eigenvalue weighted by Crippen LogP contribution is -2.29. The predicted molar refractivity (Wildman–Crippen MR) is 93.5 cm³/mol. The van der Waals surface area contributed by atoms with E-state index in [0.29, 0.717) is 11.8 Å². The lowest BCUT2D eigenvalue weighted by Gasteiger charge is -2.38. The highest BCUT2D eigenvalue weighted by atomic mass is 79.9. The van der Waals surface area contributed by atoms with Crippen LogP contribution in [0.2, 0.25) is 0 Å². The quantitative estimate of drug-likeness (QED) is 0.739. The summed E-state index contributed by atoms with van der Waals surface area (Å²) < 4.78 is 6.73. The van der Waals surface area contributed by atoms with Gasteiger partial charge in [-0.05, 0) is 42.2 Å². The Morgan fingerprint density at radius 3 is 2.86 bits per heavy atom. The topological polar surface area (TPSA) is 21.3 Å². The van der Waals surface area contributed by atoms with Crippen molar-refractivity contribution in [3.8, 4) is 5.75 Å². The van der Waals surface area contributed by atoms with Gasteiger partial charge in [0.1, 0.15) is 5.75 Å². The van der Waals surface area contributed by atoms with Gasteiger partial charge in [0, 0.05) is 21.6 Å². The number of ether oxygens (including phenoxy) is 1. The van der Waals surface area contributed by atoms with Gasteiger partial charge >= 0.3 is 0 Å². The van der Waals surface area contributed by atoms with Crippen molar-refractivity contribution in [1.29, 1.82) is 0 Å². The molecular weight excluding hydrogens is 338 g/mol. The summed E-state index contributed by atoms with van der Waals surface area (Å²) in [7, 11) is 1.75. The molecule has 1 aliphatic heterocycles. The van der Waals surface area contributed by atoms with Gasteiger partial charge < -0.3 is 10.1 Å². The van der Waals surface area contributed by atoms with E-state index in [9.17, 15) is 0 Å². The fourth-order valence-corrected chi connectivity index (χ4v) is 4.18. The third-order valence-corrected chi connectivity index (χ3v) is 5.29. The summed E-state index contributed by atoms with van der Waals surface area (Å²) in [6.07, 6.45) is 5.78. The molecule has 2 aromatic carbocycles. The van der Waals surface area contributed by atoms with Crippen LogP contribution in [0.3, 0.4) is 0 Å². The number of allylic oxidation sites excluding steroid dienone is 2. The molecule has 4 rings (SSSR count). The van der Waals surface area contributed by atoms with E-state index in [-0.39, 0.29) is 6.04 Å². The zero-order valence-corrected chi connectivity index (χ0v) is 14.0. The van der Waals surface area contributed by atoms with Crippen molar-refractivity contribution < 1.29 is 4.74 Å². The van der Waals surface area contributed by atoms with Crippen molar-refractivity contribution in [1.82, 2.24) is 0 Å². The highest BCUT2D eigenvalue weighted by Crippen LogP contribution is 2.51. The minimum absolute atomic E-state index is 0.282. The molecule has 0 saturated heterocycles. The number of benzene rings is 2. The SMILES string of the molecule is COc1ccccc1[C@@H]1Nc2ccc(Br)cc2[C@@H]2C=CC[C@@H]21.